The molecule has 0 aromatic carbocycles. The summed E-state index contributed by atoms with van der Waals surface area (Å²) in [6.45, 7) is 4.10. The van der Waals surface area contributed by atoms with Crippen molar-refractivity contribution < 1.29 is 0 Å². The first-order chi connectivity index (χ1) is 3.68. The maximum absolute atomic E-state index is 4.30. The summed E-state index contributed by atoms with van der Waals surface area (Å²) >= 11 is 8.53. The van der Waals surface area contributed by atoms with E-state index < -0.39 is 0 Å². The van der Waals surface area contributed by atoms with Gasteiger partial charge < -0.3 is 0 Å². The summed E-state index contributed by atoms with van der Waals surface area (Å²) in [7, 11) is 0. The van der Waals surface area contributed by atoms with E-state index in [4.69, 9.17) is 0 Å². The molecule has 49 valence electrons. The van der Waals surface area contributed by atoms with Crippen LogP contribution in [0.15, 0.2) is 0 Å². The molecule has 0 bridgehead atoms. The molecule has 0 rings (SSSR count). The van der Waals surface area contributed by atoms with Crippen LogP contribution < -0.4 is 0 Å². The molecule has 0 fully saturated rings. The number of hydrogen-bond acceptors (Lipinski definition) is 2. The van der Waals surface area contributed by atoms with Gasteiger partial charge in [0.15, 0.2) is 0 Å². The minimum absolute atomic E-state index is 0.398. The fraction of sp³-hybridized carbons (Fsp3) is 0.833. The van der Waals surface area contributed by atoms with E-state index in [1.165, 1.54) is 0 Å². The number of rotatable bonds is 3. The zero-order chi connectivity index (χ0) is 6.57. The van der Waals surface area contributed by atoms with Crippen molar-refractivity contribution in [2.24, 2.45) is 0 Å². The van der Waals surface area contributed by atoms with Crippen molar-refractivity contribution in [3.8, 4) is 0 Å². The highest BCUT2D eigenvalue weighted by atomic mass is 32.1. The smallest absolute Gasteiger partial charge is 0.0133 e. The molecular weight excluding hydrogens is 136 g/mol. The third-order valence-corrected chi connectivity index (χ3v) is 2.29. The van der Waals surface area contributed by atoms with E-state index in [9.17, 15) is 0 Å². The third kappa shape index (κ3) is 3.67. The van der Waals surface area contributed by atoms with Crippen LogP contribution >= 0.6 is 25.3 Å². The van der Waals surface area contributed by atoms with Crippen molar-refractivity contribution in [2.75, 3.05) is 0 Å². The monoisotopic (exact) mass is 149 g/mol. The zero-order valence-electron chi connectivity index (χ0n) is 5.33. The van der Waals surface area contributed by atoms with Gasteiger partial charge >= 0.3 is 0 Å². The Balaban J connectivity index is 3.17. The first-order valence-corrected chi connectivity index (χ1v) is 3.85. The second-order valence-corrected chi connectivity index (χ2v) is 3.43. The lowest BCUT2D eigenvalue weighted by molar-refractivity contribution is 0.830. The fourth-order valence-electron chi connectivity index (χ4n) is 0.438. The number of hydrogen-bond donors (Lipinski definition) is 2. The Morgan fingerprint density at radius 2 is 2.00 bits per heavy atom. The average Bonchev–Trinajstić information content (AvgIpc) is 1.67. The summed E-state index contributed by atoms with van der Waals surface area (Å²) in [5.74, 6) is 0. The van der Waals surface area contributed by atoms with Crippen LogP contribution in [0.3, 0.4) is 0 Å². The van der Waals surface area contributed by atoms with E-state index >= 15 is 0 Å². The van der Waals surface area contributed by atoms with Crippen LogP contribution in [0.2, 0.25) is 0 Å². The molecule has 0 nitrogen and oxygen atoms in total. The minimum Gasteiger partial charge on any atom is -0.175 e. The van der Waals surface area contributed by atoms with Crippen LogP contribution in [-0.2, 0) is 0 Å². The van der Waals surface area contributed by atoms with Gasteiger partial charge in [0.25, 0.3) is 0 Å². The van der Waals surface area contributed by atoms with Gasteiger partial charge in [-0.25, -0.2) is 0 Å². The van der Waals surface area contributed by atoms with Gasteiger partial charge in [-0.05, 0) is 12.8 Å². The molecule has 2 heteroatoms. The van der Waals surface area contributed by atoms with Crippen LogP contribution in [0.1, 0.15) is 20.3 Å². The topological polar surface area (TPSA) is 0 Å². The maximum atomic E-state index is 4.30. The van der Waals surface area contributed by atoms with Crippen molar-refractivity contribution in [1.82, 2.24) is 0 Å². The molecule has 1 radical (unpaired) electrons. The van der Waals surface area contributed by atoms with Crippen molar-refractivity contribution >= 4 is 25.3 Å². The van der Waals surface area contributed by atoms with Crippen molar-refractivity contribution in [3.63, 3.8) is 0 Å². The molecule has 0 saturated heterocycles. The first-order valence-electron chi connectivity index (χ1n) is 2.82. The average molecular weight is 149 g/mol. The van der Waals surface area contributed by atoms with Gasteiger partial charge in [-0.3, -0.25) is 0 Å². The molecule has 0 heterocycles. The lowest BCUT2D eigenvalue weighted by atomic mass is 10.2. The highest BCUT2D eigenvalue weighted by molar-refractivity contribution is 7.85. The minimum atomic E-state index is 0.398. The molecule has 0 aliphatic carbocycles. The summed E-state index contributed by atoms with van der Waals surface area (Å²) in [6.07, 6.45) is 3.16. The molecular formula is C6H13S2. The Labute approximate surface area is 62.9 Å². The van der Waals surface area contributed by atoms with Gasteiger partial charge in [0.1, 0.15) is 0 Å². The lowest BCUT2D eigenvalue weighted by Crippen LogP contribution is -2.10. The van der Waals surface area contributed by atoms with Crippen molar-refractivity contribution in [3.05, 3.63) is 6.42 Å². The molecule has 0 saturated carbocycles. The predicted octanol–water partition coefficient (Wildman–Crippen LogP) is 2.22. The van der Waals surface area contributed by atoms with Crippen LogP contribution in [-0.4, -0.2) is 10.5 Å². The molecule has 0 N–H and O–H groups in total. The highest BCUT2D eigenvalue weighted by Crippen LogP contribution is 2.12. The molecule has 0 aromatic heterocycles. The van der Waals surface area contributed by atoms with Crippen molar-refractivity contribution in [1.29, 1.82) is 0 Å². The van der Waals surface area contributed by atoms with E-state index in [2.05, 4.69) is 38.6 Å². The summed E-state index contributed by atoms with van der Waals surface area (Å²) in [5.41, 5.74) is 0. The number of thiol groups is 2. The van der Waals surface area contributed by atoms with E-state index in [0.717, 1.165) is 6.42 Å². The van der Waals surface area contributed by atoms with Gasteiger partial charge in [0.05, 0.1) is 0 Å². The van der Waals surface area contributed by atoms with Gasteiger partial charge in [0, 0.05) is 10.5 Å². The third-order valence-electron chi connectivity index (χ3n) is 1.03. The molecule has 0 spiro atoms. The Morgan fingerprint density at radius 1 is 1.50 bits per heavy atom. The first kappa shape index (κ1) is 8.70. The normalized spacial score (nSPS) is 18.0. The largest absolute Gasteiger partial charge is 0.175 e. The summed E-state index contributed by atoms with van der Waals surface area (Å²) in [6, 6.07) is 0. The summed E-state index contributed by atoms with van der Waals surface area (Å²) < 4.78 is 0. The van der Waals surface area contributed by atoms with Gasteiger partial charge in [0.2, 0.25) is 0 Å². The summed E-state index contributed by atoms with van der Waals surface area (Å²) in [5, 5.41) is 0.817. The van der Waals surface area contributed by atoms with E-state index in [-0.39, 0.29) is 0 Å². The Bertz CT molecular complexity index is 52.5. The second kappa shape index (κ2) is 4.57. The fourth-order valence-corrected chi connectivity index (χ4v) is 0.771. The van der Waals surface area contributed by atoms with Crippen molar-refractivity contribution in [2.45, 2.75) is 30.8 Å². The van der Waals surface area contributed by atoms with Crippen LogP contribution in [0.25, 0.3) is 0 Å². The standard InChI is InChI=1S/C6H13S2/c1-3-4-6(8)5(2)7/h3,5-8H,4H2,1-2H3/t5-,6+/m0/s1. The SMILES string of the molecule is C[CH]C[C@@H](S)[C@H](C)S. The molecule has 0 aliphatic heterocycles. The van der Waals surface area contributed by atoms with E-state index in [0.29, 0.717) is 10.5 Å². The van der Waals surface area contributed by atoms with Gasteiger partial charge in [-0.1, -0.05) is 13.8 Å². The van der Waals surface area contributed by atoms with Crippen LogP contribution in [0.4, 0.5) is 0 Å². The van der Waals surface area contributed by atoms with Gasteiger partial charge in [-0.2, -0.15) is 25.3 Å². The molecule has 0 aliphatic rings. The van der Waals surface area contributed by atoms with E-state index in [1.54, 1.807) is 0 Å². The maximum Gasteiger partial charge on any atom is 0.0133 e. The Hall–Kier alpha value is 0.700. The van der Waals surface area contributed by atoms with Gasteiger partial charge in [-0.15, -0.1) is 0 Å². The summed E-state index contributed by atoms with van der Waals surface area (Å²) in [4.78, 5) is 0. The predicted molar refractivity (Wildman–Crippen MR) is 45.8 cm³/mol. The molecule has 0 unspecified atom stereocenters. The molecule has 2 atom stereocenters. The quantitative estimate of drug-likeness (QED) is 0.565. The molecule has 0 aromatic rings. The highest BCUT2D eigenvalue weighted by Gasteiger charge is 2.05. The second-order valence-electron chi connectivity index (χ2n) is 1.95. The molecule has 8 heavy (non-hydrogen) atoms. The molecule has 0 amide bonds. The Morgan fingerprint density at radius 3 is 2.12 bits per heavy atom. The Kier molecular flexibility index (Phi) is 4.97. The van der Waals surface area contributed by atoms with Crippen LogP contribution in [0.5, 0.6) is 0 Å². The van der Waals surface area contributed by atoms with E-state index in [1.807, 2.05) is 6.92 Å². The lowest BCUT2D eigenvalue weighted by Gasteiger charge is -2.10. The zero-order valence-corrected chi connectivity index (χ0v) is 7.12. The van der Waals surface area contributed by atoms with Crippen LogP contribution in [0, 0.1) is 6.42 Å².